The number of anilines is 1. The minimum atomic E-state index is -0.397. The van der Waals surface area contributed by atoms with Gasteiger partial charge in [-0.05, 0) is 56.0 Å². The molecule has 1 N–H and O–H groups in total. The predicted octanol–water partition coefficient (Wildman–Crippen LogP) is 5.56. The van der Waals surface area contributed by atoms with Gasteiger partial charge in [0.25, 0.3) is 11.6 Å². The highest BCUT2D eigenvalue weighted by Crippen LogP contribution is 2.51. The highest BCUT2D eigenvalue weighted by Gasteiger charge is 2.39. The van der Waals surface area contributed by atoms with Crippen molar-refractivity contribution in [2.75, 3.05) is 18.4 Å². The lowest BCUT2D eigenvalue weighted by atomic mass is 9.76. The number of nitro groups is 1. The van der Waals surface area contributed by atoms with Crippen molar-refractivity contribution >= 4 is 28.9 Å². The van der Waals surface area contributed by atoms with E-state index in [0.717, 1.165) is 23.2 Å². The number of nitrogens with zero attached hydrogens (tertiary/aromatic N) is 2. The number of non-ortho nitro benzene ring substituents is 1. The highest BCUT2D eigenvalue weighted by atomic mass is 35.5. The van der Waals surface area contributed by atoms with Crippen molar-refractivity contribution in [2.45, 2.75) is 32.2 Å². The molecule has 1 heterocycles. The number of hydrogen-bond donors (Lipinski definition) is 1. The fraction of sp³-hybridized carbons (Fsp3) is 0.348. The summed E-state index contributed by atoms with van der Waals surface area (Å²) in [6.07, 6.45) is 5.16. The van der Waals surface area contributed by atoms with E-state index in [0.29, 0.717) is 23.7 Å². The third-order valence-corrected chi connectivity index (χ3v) is 6.53. The van der Waals surface area contributed by atoms with E-state index < -0.39 is 4.92 Å². The fourth-order valence-corrected chi connectivity index (χ4v) is 4.85. The molecule has 4 rings (SSSR count). The minimum absolute atomic E-state index is 0.0321. The lowest BCUT2D eigenvalue weighted by molar-refractivity contribution is -0.384. The number of nitrogens with one attached hydrogen (secondary N) is 1. The maximum absolute atomic E-state index is 12.8. The Kier molecular flexibility index (Phi) is 5.52. The maximum Gasteiger partial charge on any atom is 0.269 e. The van der Waals surface area contributed by atoms with Gasteiger partial charge < -0.3 is 10.2 Å². The monoisotopic (exact) mass is 425 g/mol. The Morgan fingerprint density at radius 2 is 1.97 bits per heavy atom. The van der Waals surface area contributed by atoms with Crippen LogP contribution in [0.5, 0.6) is 0 Å². The molecule has 0 saturated carbocycles. The number of fused-ring (bicyclic) bond motifs is 3. The number of amides is 1. The first-order chi connectivity index (χ1) is 14.4. The molecule has 7 heteroatoms. The third-order valence-electron chi connectivity index (χ3n) is 6.19. The largest absolute Gasteiger partial charge is 0.378 e. The quantitative estimate of drug-likeness (QED) is 0.386. The van der Waals surface area contributed by atoms with Gasteiger partial charge in [-0.3, -0.25) is 14.9 Å². The Morgan fingerprint density at radius 1 is 1.20 bits per heavy atom. The molecule has 0 saturated heterocycles. The van der Waals surface area contributed by atoms with Gasteiger partial charge in [0.05, 0.1) is 11.0 Å². The predicted molar refractivity (Wildman–Crippen MR) is 118 cm³/mol. The normalized spacial score (nSPS) is 21.5. The molecule has 3 unspecified atom stereocenters. The topological polar surface area (TPSA) is 75.5 Å². The van der Waals surface area contributed by atoms with E-state index >= 15 is 0 Å². The second-order valence-electron chi connectivity index (χ2n) is 7.72. The van der Waals surface area contributed by atoms with Crippen LogP contribution in [-0.4, -0.2) is 28.8 Å². The van der Waals surface area contributed by atoms with E-state index in [1.54, 1.807) is 12.1 Å². The Labute approximate surface area is 180 Å². The number of rotatable bonds is 5. The van der Waals surface area contributed by atoms with Crippen molar-refractivity contribution in [1.82, 2.24) is 4.90 Å². The molecule has 3 atom stereocenters. The third kappa shape index (κ3) is 3.45. The van der Waals surface area contributed by atoms with E-state index in [2.05, 4.69) is 17.5 Å². The Bertz CT molecular complexity index is 1030. The molecule has 0 aromatic heterocycles. The van der Waals surface area contributed by atoms with E-state index in [9.17, 15) is 14.9 Å². The number of nitro benzene ring substituents is 1. The molecule has 0 spiro atoms. The molecular formula is C23H24ClN3O3. The van der Waals surface area contributed by atoms with Crippen molar-refractivity contribution < 1.29 is 9.72 Å². The van der Waals surface area contributed by atoms with Gasteiger partial charge in [0.2, 0.25) is 0 Å². The molecule has 2 aromatic carbocycles. The zero-order chi connectivity index (χ0) is 21.4. The number of carbonyl (C=O) groups is 1. The van der Waals surface area contributed by atoms with Gasteiger partial charge in [0, 0.05) is 53.0 Å². The van der Waals surface area contributed by atoms with Crippen LogP contribution in [0.3, 0.4) is 0 Å². The van der Waals surface area contributed by atoms with Crippen LogP contribution in [0.25, 0.3) is 0 Å². The van der Waals surface area contributed by atoms with Crippen LogP contribution in [0.15, 0.2) is 48.6 Å². The summed E-state index contributed by atoms with van der Waals surface area (Å²) in [5.41, 5.74) is 3.48. The number of benzene rings is 2. The summed E-state index contributed by atoms with van der Waals surface area (Å²) in [7, 11) is 0. The lowest BCUT2D eigenvalue weighted by Crippen LogP contribution is -2.32. The molecule has 156 valence electrons. The van der Waals surface area contributed by atoms with Gasteiger partial charge in [-0.25, -0.2) is 0 Å². The highest BCUT2D eigenvalue weighted by molar-refractivity contribution is 6.31. The van der Waals surface area contributed by atoms with E-state index in [-0.39, 0.29) is 29.5 Å². The van der Waals surface area contributed by atoms with Crippen molar-refractivity contribution in [3.63, 3.8) is 0 Å². The van der Waals surface area contributed by atoms with Crippen LogP contribution >= 0.6 is 11.6 Å². The maximum atomic E-state index is 12.8. The number of carbonyl (C=O) groups excluding carboxylic acids is 1. The fourth-order valence-electron chi connectivity index (χ4n) is 4.61. The van der Waals surface area contributed by atoms with Crippen LogP contribution in [0.2, 0.25) is 5.02 Å². The molecular weight excluding hydrogens is 402 g/mol. The van der Waals surface area contributed by atoms with Gasteiger partial charge in [0.15, 0.2) is 0 Å². The van der Waals surface area contributed by atoms with Crippen LogP contribution in [0.1, 0.15) is 53.7 Å². The number of hydrogen-bond acceptors (Lipinski definition) is 4. The van der Waals surface area contributed by atoms with Gasteiger partial charge >= 0.3 is 0 Å². The zero-order valence-corrected chi connectivity index (χ0v) is 17.7. The average molecular weight is 426 g/mol. The molecule has 1 aliphatic heterocycles. The molecule has 30 heavy (non-hydrogen) atoms. The Hall–Kier alpha value is -2.86. The average Bonchev–Trinajstić information content (AvgIpc) is 3.24. The van der Waals surface area contributed by atoms with Crippen LogP contribution in [0, 0.1) is 16.0 Å². The zero-order valence-electron chi connectivity index (χ0n) is 17.0. The van der Waals surface area contributed by atoms with Crippen molar-refractivity contribution in [1.29, 1.82) is 0 Å². The summed E-state index contributed by atoms with van der Waals surface area (Å²) in [6, 6.07) is 10.2. The first-order valence-electron chi connectivity index (χ1n) is 10.2. The van der Waals surface area contributed by atoms with Crippen LogP contribution in [0.4, 0.5) is 11.4 Å². The molecule has 1 aliphatic carbocycles. The Balaban J connectivity index is 1.73. The standard InChI is InChI=1S/C23H24ClN3O3/c1-3-26(4-2)23(28)14-8-11-21-18(12-14)16-6-5-7-17(16)22(25-21)19-13-15(27(29)30)9-10-20(19)24/h5-6,8-13,16-17,22,25H,3-4,7H2,1-2H3. The van der Waals surface area contributed by atoms with Crippen LogP contribution in [-0.2, 0) is 0 Å². The summed E-state index contributed by atoms with van der Waals surface area (Å²) in [4.78, 5) is 25.5. The molecule has 0 fully saturated rings. The summed E-state index contributed by atoms with van der Waals surface area (Å²) in [5, 5.41) is 15.3. The molecule has 0 bridgehead atoms. The first kappa shape index (κ1) is 20.4. The van der Waals surface area contributed by atoms with Gasteiger partial charge in [-0.15, -0.1) is 0 Å². The first-order valence-corrected chi connectivity index (χ1v) is 10.6. The summed E-state index contributed by atoms with van der Waals surface area (Å²) < 4.78 is 0. The molecule has 1 amide bonds. The molecule has 0 radical (unpaired) electrons. The SMILES string of the molecule is CCN(CC)C(=O)c1ccc2c(c1)C1C=CCC1C(c1cc([N+](=O)[O-])ccc1Cl)N2. The summed E-state index contributed by atoms with van der Waals surface area (Å²) >= 11 is 6.45. The minimum Gasteiger partial charge on any atom is -0.378 e. The van der Waals surface area contributed by atoms with Crippen LogP contribution < -0.4 is 5.32 Å². The van der Waals surface area contributed by atoms with Crippen molar-refractivity contribution in [2.24, 2.45) is 5.92 Å². The molecule has 2 aromatic rings. The summed E-state index contributed by atoms with van der Waals surface area (Å²) in [6.45, 7) is 5.29. The molecule has 2 aliphatic rings. The second-order valence-corrected chi connectivity index (χ2v) is 8.13. The van der Waals surface area contributed by atoms with E-state index in [1.807, 2.05) is 36.9 Å². The number of halogens is 1. The van der Waals surface area contributed by atoms with E-state index in [4.69, 9.17) is 11.6 Å². The smallest absolute Gasteiger partial charge is 0.269 e. The van der Waals surface area contributed by atoms with Crippen molar-refractivity contribution in [3.8, 4) is 0 Å². The van der Waals surface area contributed by atoms with Gasteiger partial charge in [0.1, 0.15) is 0 Å². The van der Waals surface area contributed by atoms with Gasteiger partial charge in [-0.2, -0.15) is 0 Å². The summed E-state index contributed by atoms with van der Waals surface area (Å²) in [5.74, 6) is 0.340. The van der Waals surface area contributed by atoms with E-state index in [1.165, 1.54) is 6.07 Å². The lowest BCUT2D eigenvalue weighted by Gasteiger charge is -2.38. The second kappa shape index (κ2) is 8.11. The Morgan fingerprint density at radius 3 is 2.67 bits per heavy atom. The van der Waals surface area contributed by atoms with Crippen molar-refractivity contribution in [3.05, 3.63) is 80.4 Å². The molecule has 6 nitrogen and oxygen atoms in total. The number of allylic oxidation sites excluding steroid dienone is 2. The van der Waals surface area contributed by atoms with Gasteiger partial charge in [-0.1, -0.05) is 23.8 Å².